The molecule has 0 aliphatic carbocycles. The minimum absolute atomic E-state index is 0.0374. The second-order valence-electron chi connectivity index (χ2n) is 4.87. The van der Waals surface area contributed by atoms with Gasteiger partial charge in [0.05, 0.1) is 5.56 Å². The summed E-state index contributed by atoms with van der Waals surface area (Å²) in [6, 6.07) is 10.6. The summed E-state index contributed by atoms with van der Waals surface area (Å²) < 4.78 is 12.9. The summed E-state index contributed by atoms with van der Waals surface area (Å²) in [6.45, 7) is 3.80. The first kappa shape index (κ1) is 14.3. The van der Waals surface area contributed by atoms with Gasteiger partial charge < -0.3 is 15.5 Å². The largest absolute Gasteiger partial charge is 0.507 e. The maximum Gasteiger partial charge on any atom is 0.124 e. The van der Waals surface area contributed by atoms with Gasteiger partial charge in [-0.15, -0.1) is 0 Å². The van der Waals surface area contributed by atoms with Crippen molar-refractivity contribution in [2.75, 3.05) is 0 Å². The fraction of sp³-hybridized carbons (Fsp3) is 0.250. The molecule has 0 saturated carbocycles. The summed E-state index contributed by atoms with van der Waals surface area (Å²) in [4.78, 5) is 0. The molecule has 0 fully saturated rings. The number of nitrogens with one attached hydrogen (secondary N) is 1. The van der Waals surface area contributed by atoms with Gasteiger partial charge in [0.15, 0.2) is 0 Å². The Balaban J connectivity index is 2.15. The van der Waals surface area contributed by atoms with Crippen molar-refractivity contribution in [1.82, 2.24) is 5.32 Å². The zero-order valence-corrected chi connectivity index (χ0v) is 11.5. The third-order valence-electron chi connectivity index (χ3n) is 3.36. The normalized spacial score (nSPS) is 13.9. The summed E-state index contributed by atoms with van der Waals surface area (Å²) in [5, 5.41) is 22.9. The van der Waals surface area contributed by atoms with E-state index in [0.717, 1.165) is 5.56 Å². The third-order valence-corrected chi connectivity index (χ3v) is 3.36. The highest BCUT2D eigenvalue weighted by atomic mass is 19.1. The minimum atomic E-state index is -0.271. The number of hydrogen-bond donors (Lipinski definition) is 3. The molecule has 0 saturated heterocycles. The molecule has 0 aromatic heterocycles. The molecule has 0 amide bonds. The van der Waals surface area contributed by atoms with Crippen molar-refractivity contribution in [3.05, 3.63) is 59.4 Å². The average molecular weight is 275 g/mol. The first-order valence-electron chi connectivity index (χ1n) is 6.51. The van der Waals surface area contributed by atoms with Crippen LogP contribution in [-0.2, 0) is 0 Å². The van der Waals surface area contributed by atoms with E-state index >= 15 is 0 Å². The van der Waals surface area contributed by atoms with Crippen LogP contribution in [0.3, 0.4) is 0 Å². The van der Waals surface area contributed by atoms with Crippen LogP contribution in [-0.4, -0.2) is 10.2 Å². The Morgan fingerprint density at radius 3 is 2.00 bits per heavy atom. The van der Waals surface area contributed by atoms with Gasteiger partial charge >= 0.3 is 0 Å². The number of phenols is 2. The predicted molar refractivity (Wildman–Crippen MR) is 76.1 cm³/mol. The van der Waals surface area contributed by atoms with E-state index in [4.69, 9.17) is 0 Å². The molecule has 3 nitrogen and oxygen atoms in total. The molecule has 1 unspecified atom stereocenters. The van der Waals surface area contributed by atoms with E-state index in [9.17, 15) is 14.6 Å². The lowest BCUT2D eigenvalue weighted by molar-refractivity contribution is 0.407. The zero-order valence-electron chi connectivity index (χ0n) is 11.5. The topological polar surface area (TPSA) is 52.5 Å². The number of hydrogen-bond acceptors (Lipinski definition) is 3. The SMILES string of the molecule is CC(N[C@@H](C)c1ccc(F)cc1)c1c(O)cccc1O. The van der Waals surface area contributed by atoms with E-state index < -0.39 is 0 Å². The van der Waals surface area contributed by atoms with Gasteiger partial charge in [0.1, 0.15) is 17.3 Å². The average Bonchev–Trinajstić information content (AvgIpc) is 2.39. The van der Waals surface area contributed by atoms with Gasteiger partial charge in [-0.25, -0.2) is 4.39 Å². The van der Waals surface area contributed by atoms with Gasteiger partial charge in [-0.3, -0.25) is 0 Å². The lowest BCUT2D eigenvalue weighted by atomic mass is 10.0. The summed E-state index contributed by atoms with van der Waals surface area (Å²) in [5.74, 6) is -0.167. The fourth-order valence-corrected chi connectivity index (χ4v) is 2.29. The molecule has 0 aliphatic rings. The Bertz CT molecular complexity index is 563. The molecule has 0 aliphatic heterocycles. The van der Waals surface area contributed by atoms with Crippen LogP contribution in [0.25, 0.3) is 0 Å². The van der Waals surface area contributed by atoms with Crippen LogP contribution in [0.1, 0.15) is 37.1 Å². The maximum absolute atomic E-state index is 12.9. The van der Waals surface area contributed by atoms with Crippen LogP contribution < -0.4 is 5.32 Å². The van der Waals surface area contributed by atoms with Crippen molar-refractivity contribution in [2.45, 2.75) is 25.9 Å². The van der Waals surface area contributed by atoms with Crippen molar-refractivity contribution >= 4 is 0 Å². The predicted octanol–water partition coefficient (Wildman–Crippen LogP) is 3.65. The molecular weight excluding hydrogens is 257 g/mol. The highest BCUT2D eigenvalue weighted by Gasteiger charge is 2.17. The standard InChI is InChI=1S/C16H18FNO2/c1-10(12-6-8-13(17)9-7-12)18-11(2)16-14(19)4-3-5-15(16)20/h3-11,18-20H,1-2H3/t10-,11?/m0/s1. The van der Waals surface area contributed by atoms with E-state index in [-0.39, 0.29) is 29.4 Å². The lowest BCUT2D eigenvalue weighted by Gasteiger charge is -2.22. The third kappa shape index (κ3) is 3.08. The van der Waals surface area contributed by atoms with Gasteiger partial charge in [0, 0.05) is 12.1 Å². The molecule has 4 heteroatoms. The Hall–Kier alpha value is -2.07. The molecule has 106 valence electrons. The molecule has 0 bridgehead atoms. The van der Waals surface area contributed by atoms with Crippen LogP contribution in [0, 0.1) is 5.82 Å². The van der Waals surface area contributed by atoms with E-state index in [0.29, 0.717) is 5.56 Å². The second-order valence-corrected chi connectivity index (χ2v) is 4.87. The highest BCUT2D eigenvalue weighted by molar-refractivity contribution is 5.45. The molecule has 0 heterocycles. The van der Waals surface area contributed by atoms with E-state index in [2.05, 4.69) is 5.32 Å². The van der Waals surface area contributed by atoms with Crippen molar-refractivity contribution in [1.29, 1.82) is 0 Å². The lowest BCUT2D eigenvalue weighted by Crippen LogP contribution is -2.22. The number of halogens is 1. The number of phenolic OH excluding ortho intramolecular Hbond substituents is 2. The van der Waals surface area contributed by atoms with Crippen LogP contribution in [0.5, 0.6) is 11.5 Å². The highest BCUT2D eigenvalue weighted by Crippen LogP contribution is 2.33. The van der Waals surface area contributed by atoms with Crippen molar-refractivity contribution in [3.63, 3.8) is 0 Å². The van der Waals surface area contributed by atoms with Gasteiger partial charge in [0.2, 0.25) is 0 Å². The molecule has 2 rings (SSSR count). The molecular formula is C16H18FNO2. The molecule has 20 heavy (non-hydrogen) atoms. The van der Waals surface area contributed by atoms with Crippen LogP contribution in [0.15, 0.2) is 42.5 Å². The number of rotatable bonds is 4. The summed E-state index contributed by atoms with van der Waals surface area (Å²) >= 11 is 0. The Kier molecular flexibility index (Phi) is 4.25. The molecule has 0 radical (unpaired) electrons. The molecule has 2 aromatic rings. The van der Waals surface area contributed by atoms with Gasteiger partial charge in [-0.05, 0) is 43.7 Å². The quantitative estimate of drug-likeness (QED) is 0.798. The molecule has 3 N–H and O–H groups in total. The Labute approximate surface area is 117 Å². The van der Waals surface area contributed by atoms with Crippen LogP contribution in [0.2, 0.25) is 0 Å². The van der Waals surface area contributed by atoms with Crippen molar-refractivity contribution in [3.8, 4) is 11.5 Å². The van der Waals surface area contributed by atoms with Crippen molar-refractivity contribution < 1.29 is 14.6 Å². The van der Waals surface area contributed by atoms with Crippen LogP contribution >= 0.6 is 0 Å². The van der Waals surface area contributed by atoms with Crippen molar-refractivity contribution in [2.24, 2.45) is 0 Å². The second kappa shape index (κ2) is 5.92. The van der Waals surface area contributed by atoms with Gasteiger partial charge in [-0.2, -0.15) is 0 Å². The Morgan fingerprint density at radius 2 is 1.45 bits per heavy atom. The Morgan fingerprint density at radius 1 is 0.900 bits per heavy atom. The number of benzene rings is 2. The minimum Gasteiger partial charge on any atom is -0.507 e. The first-order valence-corrected chi connectivity index (χ1v) is 6.51. The van der Waals surface area contributed by atoms with Gasteiger partial charge in [0.25, 0.3) is 0 Å². The summed E-state index contributed by atoms with van der Waals surface area (Å²) in [7, 11) is 0. The molecule has 2 aromatic carbocycles. The maximum atomic E-state index is 12.9. The molecule has 2 atom stereocenters. The number of aromatic hydroxyl groups is 2. The smallest absolute Gasteiger partial charge is 0.124 e. The molecule has 0 spiro atoms. The van der Waals surface area contributed by atoms with Gasteiger partial charge in [-0.1, -0.05) is 18.2 Å². The van der Waals surface area contributed by atoms with E-state index in [1.54, 1.807) is 18.2 Å². The fourth-order valence-electron chi connectivity index (χ4n) is 2.29. The summed E-state index contributed by atoms with van der Waals surface area (Å²) in [6.07, 6.45) is 0. The van der Waals surface area contributed by atoms with Crippen LogP contribution in [0.4, 0.5) is 4.39 Å². The van der Waals surface area contributed by atoms with E-state index in [1.807, 2.05) is 13.8 Å². The first-order chi connectivity index (χ1) is 9.49. The monoisotopic (exact) mass is 275 g/mol. The van der Waals surface area contributed by atoms with E-state index in [1.165, 1.54) is 24.3 Å². The zero-order chi connectivity index (χ0) is 14.7. The summed E-state index contributed by atoms with van der Waals surface area (Å²) in [5.41, 5.74) is 1.40.